The quantitative estimate of drug-likeness (QED) is 0.598. The number of sulfonamides is 1. The largest absolute Gasteiger partial charge is 0.378 e. The van der Waals surface area contributed by atoms with Crippen LogP contribution < -0.4 is 9.62 Å². The molecule has 1 amide bonds. The number of carbonyl (C=O) groups excluding carboxylic acids is 1. The molecule has 1 aliphatic rings. The number of anilines is 1. The molecule has 0 spiro atoms. The van der Waals surface area contributed by atoms with Gasteiger partial charge in [0.1, 0.15) is 0 Å². The van der Waals surface area contributed by atoms with Gasteiger partial charge in [-0.25, -0.2) is 13.1 Å². The number of fused-ring (bicyclic) bond motifs is 1. The van der Waals surface area contributed by atoms with Crippen molar-refractivity contribution in [2.45, 2.75) is 31.3 Å². The van der Waals surface area contributed by atoms with Crippen LogP contribution in [0.25, 0.3) is 0 Å². The molecule has 1 N–H and O–H groups in total. The van der Waals surface area contributed by atoms with Gasteiger partial charge in [-0.15, -0.1) is 0 Å². The van der Waals surface area contributed by atoms with E-state index in [-0.39, 0.29) is 17.3 Å². The first-order chi connectivity index (χ1) is 15.3. The highest BCUT2D eigenvalue weighted by Crippen LogP contribution is 2.26. The fourth-order valence-corrected chi connectivity index (χ4v) is 5.91. The number of benzene rings is 1. The number of carbonyl (C=O) groups is 1. The van der Waals surface area contributed by atoms with Crippen molar-refractivity contribution in [3.05, 3.63) is 75.2 Å². The van der Waals surface area contributed by atoms with Crippen LogP contribution in [-0.2, 0) is 29.5 Å². The molecule has 1 aromatic carbocycles. The highest BCUT2D eigenvalue weighted by molar-refractivity contribution is 7.89. The fraction of sp³-hybridized carbons (Fsp3) is 0.304. The smallest absolute Gasteiger partial charge is 0.254 e. The second kappa shape index (κ2) is 9.01. The first-order valence-corrected chi connectivity index (χ1v) is 12.7. The molecule has 0 fully saturated rings. The van der Waals surface area contributed by atoms with Crippen molar-refractivity contribution in [1.82, 2.24) is 14.6 Å². The van der Waals surface area contributed by atoms with E-state index in [1.807, 2.05) is 55.1 Å². The fourth-order valence-electron chi connectivity index (χ4n) is 3.88. The van der Waals surface area contributed by atoms with E-state index >= 15 is 0 Å². The Hall–Kier alpha value is -2.75. The SMILES string of the molecule is Cc1ncc2c(c1CNS(=O)(=O)c1ccsc1)CCN(C(=O)c1cccc(N(C)C)c1)C2. The predicted molar refractivity (Wildman–Crippen MR) is 127 cm³/mol. The van der Waals surface area contributed by atoms with Crippen molar-refractivity contribution in [2.24, 2.45) is 0 Å². The minimum atomic E-state index is -3.57. The Morgan fingerprint density at radius 2 is 2.09 bits per heavy atom. The van der Waals surface area contributed by atoms with Gasteiger partial charge in [0.25, 0.3) is 5.91 Å². The van der Waals surface area contributed by atoms with Crippen LogP contribution in [0.3, 0.4) is 0 Å². The number of hydrogen-bond donors (Lipinski definition) is 1. The molecule has 0 atom stereocenters. The average molecular weight is 471 g/mol. The van der Waals surface area contributed by atoms with Gasteiger partial charge in [-0.2, -0.15) is 11.3 Å². The molecule has 9 heteroatoms. The van der Waals surface area contributed by atoms with Gasteiger partial charge < -0.3 is 9.80 Å². The lowest BCUT2D eigenvalue weighted by Crippen LogP contribution is -2.37. The van der Waals surface area contributed by atoms with Crippen LogP contribution in [0.5, 0.6) is 0 Å². The van der Waals surface area contributed by atoms with E-state index in [2.05, 4.69) is 9.71 Å². The third-order valence-electron chi connectivity index (χ3n) is 5.74. The van der Waals surface area contributed by atoms with Crippen LogP contribution in [0.4, 0.5) is 5.69 Å². The topological polar surface area (TPSA) is 82.6 Å². The number of pyridine rings is 1. The third-order valence-corrected chi connectivity index (χ3v) is 7.97. The Bertz CT molecular complexity index is 1240. The third kappa shape index (κ3) is 4.55. The van der Waals surface area contributed by atoms with Crippen molar-refractivity contribution in [1.29, 1.82) is 0 Å². The Kier molecular flexibility index (Phi) is 6.32. The number of aromatic nitrogens is 1. The number of thiophene rings is 1. The molecule has 0 saturated heterocycles. The van der Waals surface area contributed by atoms with E-state index < -0.39 is 10.0 Å². The molecule has 0 radical (unpaired) electrons. The Labute approximate surface area is 192 Å². The van der Waals surface area contributed by atoms with Crippen LogP contribution in [0.1, 0.15) is 32.7 Å². The second-order valence-electron chi connectivity index (χ2n) is 8.03. The van der Waals surface area contributed by atoms with E-state index in [4.69, 9.17) is 0 Å². The molecule has 168 valence electrons. The van der Waals surface area contributed by atoms with Crippen LogP contribution in [0.2, 0.25) is 0 Å². The summed E-state index contributed by atoms with van der Waals surface area (Å²) in [5.74, 6) is -0.0142. The molecular weight excluding hydrogens is 444 g/mol. The van der Waals surface area contributed by atoms with Gasteiger partial charge in [0.05, 0.1) is 4.90 Å². The summed E-state index contributed by atoms with van der Waals surface area (Å²) in [7, 11) is 0.329. The number of hydrogen-bond acceptors (Lipinski definition) is 6. The van der Waals surface area contributed by atoms with E-state index in [0.717, 1.165) is 28.1 Å². The molecular formula is C23H26N4O3S2. The number of rotatable bonds is 6. The Morgan fingerprint density at radius 1 is 1.28 bits per heavy atom. The van der Waals surface area contributed by atoms with Gasteiger partial charge in [-0.1, -0.05) is 6.07 Å². The molecule has 3 aromatic rings. The van der Waals surface area contributed by atoms with E-state index in [1.165, 1.54) is 11.3 Å². The maximum Gasteiger partial charge on any atom is 0.254 e. The average Bonchev–Trinajstić information content (AvgIpc) is 3.34. The summed E-state index contributed by atoms with van der Waals surface area (Å²) in [4.78, 5) is 21.7. The minimum absolute atomic E-state index is 0.0142. The lowest BCUT2D eigenvalue weighted by Gasteiger charge is -2.31. The molecule has 32 heavy (non-hydrogen) atoms. The maximum absolute atomic E-state index is 13.1. The molecule has 0 bridgehead atoms. The summed E-state index contributed by atoms with van der Waals surface area (Å²) in [5, 5.41) is 3.36. The van der Waals surface area contributed by atoms with Gasteiger partial charge in [0.2, 0.25) is 10.0 Å². The normalized spacial score (nSPS) is 13.7. The maximum atomic E-state index is 13.1. The summed E-state index contributed by atoms with van der Waals surface area (Å²) in [6.07, 6.45) is 2.46. The van der Waals surface area contributed by atoms with E-state index in [1.54, 1.807) is 23.0 Å². The van der Waals surface area contributed by atoms with Crippen molar-refractivity contribution >= 4 is 33.0 Å². The lowest BCUT2D eigenvalue weighted by atomic mass is 9.94. The zero-order valence-corrected chi connectivity index (χ0v) is 20.0. The first-order valence-electron chi connectivity index (χ1n) is 10.3. The Balaban J connectivity index is 1.53. The van der Waals surface area contributed by atoms with Gasteiger partial charge in [0.15, 0.2) is 0 Å². The van der Waals surface area contributed by atoms with Crippen molar-refractivity contribution in [2.75, 3.05) is 25.5 Å². The molecule has 0 saturated carbocycles. The number of nitrogens with zero attached hydrogens (tertiary/aromatic N) is 3. The standard InChI is InChI=1S/C23H26N4O3S2/c1-16-22(13-25-32(29,30)20-8-10-31-15-20)21-7-9-27(14-18(21)12-24-16)23(28)17-5-4-6-19(11-17)26(2)3/h4-6,8,10-12,15,25H,7,9,13-14H2,1-3H3. The lowest BCUT2D eigenvalue weighted by molar-refractivity contribution is 0.0734. The van der Waals surface area contributed by atoms with Crippen LogP contribution in [0, 0.1) is 6.92 Å². The summed E-state index contributed by atoms with van der Waals surface area (Å²) in [6.45, 7) is 3.10. The van der Waals surface area contributed by atoms with Gasteiger partial charge >= 0.3 is 0 Å². The van der Waals surface area contributed by atoms with Crippen LogP contribution in [-0.4, -0.2) is 44.8 Å². The van der Waals surface area contributed by atoms with Crippen LogP contribution >= 0.6 is 11.3 Å². The zero-order chi connectivity index (χ0) is 22.9. The second-order valence-corrected chi connectivity index (χ2v) is 10.6. The summed E-state index contributed by atoms with van der Waals surface area (Å²) < 4.78 is 27.8. The number of amides is 1. The molecule has 2 aromatic heterocycles. The molecule has 0 aliphatic carbocycles. The number of nitrogens with one attached hydrogen (secondary N) is 1. The van der Waals surface area contributed by atoms with E-state index in [0.29, 0.717) is 25.1 Å². The summed E-state index contributed by atoms with van der Waals surface area (Å²) in [6, 6.07) is 9.19. The molecule has 1 aliphatic heterocycles. The first kappa shape index (κ1) is 22.4. The molecule has 4 rings (SSSR count). The summed E-state index contributed by atoms with van der Waals surface area (Å²) >= 11 is 1.35. The van der Waals surface area contributed by atoms with Gasteiger partial charge in [-0.3, -0.25) is 9.78 Å². The highest BCUT2D eigenvalue weighted by Gasteiger charge is 2.25. The monoisotopic (exact) mass is 470 g/mol. The van der Waals surface area contributed by atoms with Crippen molar-refractivity contribution in [3.63, 3.8) is 0 Å². The number of aryl methyl sites for hydroxylation is 1. The van der Waals surface area contributed by atoms with Crippen LogP contribution in [0.15, 0.2) is 52.2 Å². The van der Waals surface area contributed by atoms with Crippen molar-refractivity contribution < 1.29 is 13.2 Å². The summed E-state index contributed by atoms with van der Waals surface area (Å²) in [5.41, 5.74) is 5.37. The minimum Gasteiger partial charge on any atom is -0.378 e. The zero-order valence-electron chi connectivity index (χ0n) is 18.3. The molecule has 3 heterocycles. The molecule has 0 unspecified atom stereocenters. The van der Waals surface area contributed by atoms with Gasteiger partial charge in [0, 0.05) is 62.3 Å². The molecule has 7 nitrogen and oxygen atoms in total. The Morgan fingerprint density at radius 3 is 2.81 bits per heavy atom. The van der Waals surface area contributed by atoms with Gasteiger partial charge in [-0.05, 0) is 59.7 Å². The van der Waals surface area contributed by atoms with Crippen molar-refractivity contribution in [3.8, 4) is 0 Å². The predicted octanol–water partition coefficient (Wildman–Crippen LogP) is 3.19. The highest BCUT2D eigenvalue weighted by atomic mass is 32.2. The van der Waals surface area contributed by atoms with E-state index in [9.17, 15) is 13.2 Å².